The van der Waals surface area contributed by atoms with E-state index in [1.807, 2.05) is 0 Å². The van der Waals surface area contributed by atoms with Crippen molar-refractivity contribution in [1.82, 2.24) is 9.97 Å². The highest BCUT2D eigenvalue weighted by Crippen LogP contribution is 2.36. The number of alkyl halides is 2. The second-order valence-electron chi connectivity index (χ2n) is 4.89. The third kappa shape index (κ3) is 3.59. The van der Waals surface area contributed by atoms with E-state index in [9.17, 15) is 17.2 Å². The van der Waals surface area contributed by atoms with Crippen LogP contribution in [-0.2, 0) is 9.84 Å². The molecule has 1 aromatic heterocycles. The first-order valence-corrected chi connectivity index (χ1v) is 7.75. The molecule has 5 nitrogen and oxygen atoms in total. The fourth-order valence-electron chi connectivity index (χ4n) is 2.06. The molecule has 0 radical (unpaired) electrons. The van der Waals surface area contributed by atoms with Crippen LogP contribution in [0.3, 0.4) is 0 Å². The highest BCUT2D eigenvalue weighted by molar-refractivity contribution is 7.90. The molecule has 1 N–H and O–H groups in total. The van der Waals surface area contributed by atoms with Crippen molar-refractivity contribution >= 4 is 15.7 Å². The number of hydrogen-bond acceptors (Lipinski definition) is 5. The molecule has 1 saturated carbocycles. The summed E-state index contributed by atoms with van der Waals surface area (Å²) in [6.07, 6.45) is 0.928. The molecule has 1 aliphatic carbocycles. The maximum Gasteiger partial charge on any atom is 0.250 e. The van der Waals surface area contributed by atoms with Gasteiger partial charge in [0.1, 0.15) is 5.82 Å². The van der Waals surface area contributed by atoms with Crippen molar-refractivity contribution in [3.63, 3.8) is 0 Å². The lowest BCUT2D eigenvalue weighted by Gasteiger charge is -2.14. The number of rotatable bonds is 3. The highest BCUT2D eigenvalue weighted by Gasteiger charge is 2.39. The van der Waals surface area contributed by atoms with Crippen LogP contribution in [0, 0.1) is 6.92 Å². The number of halogens is 2. The molecular weight excluding hydrogens is 276 g/mol. The summed E-state index contributed by atoms with van der Waals surface area (Å²) in [7, 11) is -3.51. The second-order valence-corrected chi connectivity index (χ2v) is 6.80. The Balaban J connectivity index is 2.20. The molecule has 19 heavy (non-hydrogen) atoms. The molecule has 1 atom stereocenters. The molecule has 0 aliphatic heterocycles. The second kappa shape index (κ2) is 4.66. The first-order valence-electron chi connectivity index (χ1n) is 5.86. The van der Waals surface area contributed by atoms with Gasteiger partial charge in [-0.25, -0.2) is 27.2 Å². The number of sulfone groups is 1. The number of nitrogens with one attached hydrogen (secondary N) is 1. The Morgan fingerprint density at radius 3 is 2.63 bits per heavy atom. The van der Waals surface area contributed by atoms with Crippen LogP contribution in [0.2, 0.25) is 0 Å². The van der Waals surface area contributed by atoms with Crippen molar-refractivity contribution in [3.8, 4) is 0 Å². The molecule has 1 aromatic rings. The minimum absolute atomic E-state index is 0.159. The van der Waals surface area contributed by atoms with E-state index in [0.717, 1.165) is 6.26 Å². The van der Waals surface area contributed by atoms with E-state index < -0.39 is 21.8 Å². The minimum atomic E-state index is -3.51. The number of nitrogens with zero attached hydrogens (tertiary/aromatic N) is 2. The van der Waals surface area contributed by atoms with E-state index >= 15 is 0 Å². The normalized spacial score (nSPS) is 22.4. The lowest BCUT2D eigenvalue weighted by atomic mass is 10.2. The molecule has 0 saturated heterocycles. The Hall–Kier alpha value is -1.31. The van der Waals surface area contributed by atoms with Gasteiger partial charge in [0, 0.05) is 36.9 Å². The molecule has 0 aromatic carbocycles. The lowest BCUT2D eigenvalue weighted by molar-refractivity contribution is 0.00851. The molecule has 1 fully saturated rings. The van der Waals surface area contributed by atoms with Gasteiger partial charge in [0.25, 0.3) is 0 Å². The van der Waals surface area contributed by atoms with Crippen molar-refractivity contribution in [2.75, 3.05) is 11.6 Å². The summed E-state index contributed by atoms with van der Waals surface area (Å²) in [5.41, 5.74) is 0.475. The topological polar surface area (TPSA) is 72.0 Å². The number of hydrogen-bond donors (Lipinski definition) is 1. The smallest absolute Gasteiger partial charge is 0.250 e. The van der Waals surface area contributed by atoms with Gasteiger partial charge in [-0.1, -0.05) is 0 Å². The van der Waals surface area contributed by atoms with E-state index in [-0.39, 0.29) is 23.8 Å². The zero-order valence-electron chi connectivity index (χ0n) is 10.7. The Morgan fingerprint density at radius 2 is 2.11 bits per heavy atom. The molecule has 1 unspecified atom stereocenters. The average molecular weight is 291 g/mol. The van der Waals surface area contributed by atoms with Crippen LogP contribution in [0.5, 0.6) is 0 Å². The monoisotopic (exact) mass is 291 g/mol. The molecular formula is C11H15F2N3O2S. The van der Waals surface area contributed by atoms with Gasteiger partial charge in [0.2, 0.25) is 20.9 Å². The van der Waals surface area contributed by atoms with E-state index in [4.69, 9.17) is 0 Å². The summed E-state index contributed by atoms with van der Waals surface area (Å²) in [5.74, 6) is -2.38. The van der Waals surface area contributed by atoms with Crippen molar-refractivity contribution in [3.05, 3.63) is 11.8 Å². The summed E-state index contributed by atoms with van der Waals surface area (Å²) in [6.45, 7) is 1.63. The van der Waals surface area contributed by atoms with Crippen LogP contribution in [0.1, 0.15) is 25.0 Å². The maximum atomic E-state index is 13.1. The summed E-state index contributed by atoms with van der Waals surface area (Å²) >= 11 is 0. The molecule has 1 aliphatic rings. The molecule has 106 valence electrons. The van der Waals surface area contributed by atoms with Crippen LogP contribution in [0.4, 0.5) is 14.6 Å². The number of aromatic nitrogens is 2. The van der Waals surface area contributed by atoms with Crippen LogP contribution < -0.4 is 5.32 Å². The SMILES string of the molecule is Cc1cc(NC2CCC(F)(F)C2)nc(S(C)(=O)=O)n1. The largest absolute Gasteiger partial charge is 0.367 e. The molecule has 8 heteroatoms. The average Bonchev–Trinajstić information content (AvgIpc) is 2.55. The zero-order chi connectivity index (χ0) is 14.3. The van der Waals surface area contributed by atoms with Gasteiger partial charge in [0.05, 0.1) is 0 Å². The maximum absolute atomic E-state index is 13.1. The van der Waals surface area contributed by atoms with Crippen molar-refractivity contribution in [1.29, 1.82) is 0 Å². The summed E-state index contributed by atoms with van der Waals surface area (Å²) in [4.78, 5) is 7.68. The molecule has 0 amide bonds. The predicted molar refractivity (Wildman–Crippen MR) is 66.1 cm³/mol. The van der Waals surface area contributed by atoms with Gasteiger partial charge in [-0.2, -0.15) is 0 Å². The van der Waals surface area contributed by atoms with Gasteiger partial charge in [-0.15, -0.1) is 0 Å². The van der Waals surface area contributed by atoms with Crippen molar-refractivity contribution in [2.24, 2.45) is 0 Å². The first-order chi connectivity index (χ1) is 8.66. The molecule has 0 spiro atoms. The summed E-state index contributed by atoms with van der Waals surface area (Å²) in [6, 6.07) is 1.15. The quantitative estimate of drug-likeness (QED) is 0.860. The van der Waals surface area contributed by atoms with E-state index in [0.29, 0.717) is 12.1 Å². The van der Waals surface area contributed by atoms with Gasteiger partial charge < -0.3 is 5.32 Å². The summed E-state index contributed by atoms with van der Waals surface area (Å²) < 4.78 is 49.0. The van der Waals surface area contributed by atoms with E-state index in [2.05, 4.69) is 15.3 Å². The van der Waals surface area contributed by atoms with Crippen molar-refractivity contribution in [2.45, 2.75) is 43.3 Å². The summed E-state index contributed by atoms with van der Waals surface area (Å²) in [5, 5.41) is 2.56. The Labute approximate surface area is 110 Å². The number of aryl methyl sites for hydroxylation is 1. The lowest BCUT2D eigenvalue weighted by Crippen LogP contribution is -2.20. The standard InChI is InChI=1S/C11H15F2N3O2S/c1-7-5-9(16-10(14-7)19(2,17)18)15-8-3-4-11(12,13)6-8/h5,8H,3-4,6H2,1-2H3,(H,14,15,16). The van der Waals surface area contributed by atoms with Crippen LogP contribution >= 0.6 is 0 Å². The Bertz CT molecular complexity index is 590. The van der Waals surface area contributed by atoms with Crippen LogP contribution in [0.15, 0.2) is 11.2 Å². The fraction of sp³-hybridized carbons (Fsp3) is 0.636. The van der Waals surface area contributed by atoms with Crippen LogP contribution in [0.25, 0.3) is 0 Å². The van der Waals surface area contributed by atoms with Crippen molar-refractivity contribution < 1.29 is 17.2 Å². The van der Waals surface area contributed by atoms with Gasteiger partial charge in [-0.05, 0) is 13.3 Å². The molecule has 2 rings (SSSR count). The van der Waals surface area contributed by atoms with E-state index in [1.54, 1.807) is 13.0 Å². The molecule has 0 bridgehead atoms. The minimum Gasteiger partial charge on any atom is -0.367 e. The Kier molecular flexibility index (Phi) is 3.46. The molecule has 1 heterocycles. The predicted octanol–water partition coefficient (Wildman–Crippen LogP) is 1.79. The highest BCUT2D eigenvalue weighted by atomic mass is 32.2. The van der Waals surface area contributed by atoms with E-state index in [1.165, 1.54) is 0 Å². The van der Waals surface area contributed by atoms with Gasteiger partial charge >= 0.3 is 0 Å². The number of anilines is 1. The first kappa shape index (κ1) is 14.1. The van der Waals surface area contributed by atoms with Crippen LogP contribution in [-0.4, -0.2) is 36.6 Å². The fourth-order valence-corrected chi connectivity index (χ4v) is 2.64. The zero-order valence-corrected chi connectivity index (χ0v) is 11.5. The third-order valence-corrected chi connectivity index (χ3v) is 3.77. The van der Waals surface area contributed by atoms with Gasteiger partial charge in [0.15, 0.2) is 0 Å². The Morgan fingerprint density at radius 1 is 1.42 bits per heavy atom. The van der Waals surface area contributed by atoms with Gasteiger partial charge in [-0.3, -0.25) is 0 Å². The third-order valence-electron chi connectivity index (χ3n) is 2.92.